The molecule has 1 heterocycles. The second-order valence-electron chi connectivity index (χ2n) is 4.87. The number of H-pyrrole nitrogens is 1. The van der Waals surface area contributed by atoms with Crippen LogP contribution >= 0.6 is 0 Å². The van der Waals surface area contributed by atoms with Gasteiger partial charge in [0, 0.05) is 24.9 Å². The first-order valence-corrected chi connectivity index (χ1v) is 5.25. The molecule has 3 heteroatoms. The molecule has 3 nitrogen and oxygen atoms in total. The second kappa shape index (κ2) is 4.60. The summed E-state index contributed by atoms with van der Waals surface area (Å²) in [5, 5.41) is 3.27. The van der Waals surface area contributed by atoms with Gasteiger partial charge in [-0.3, -0.25) is 0 Å². The molecule has 0 saturated heterocycles. The fraction of sp³-hybridized carbons (Fsp3) is 0.727. The van der Waals surface area contributed by atoms with E-state index in [1.54, 1.807) is 0 Å². The van der Waals surface area contributed by atoms with Crippen LogP contribution in [0.25, 0.3) is 0 Å². The number of aromatic amines is 1. The fourth-order valence-electron chi connectivity index (χ4n) is 1.35. The molecular weight excluding hydrogens is 174 g/mol. The lowest BCUT2D eigenvalue weighted by molar-refractivity contribution is 0.402. The monoisotopic (exact) mass is 195 g/mol. The van der Waals surface area contributed by atoms with E-state index in [2.05, 4.69) is 43.0 Å². The quantitative estimate of drug-likeness (QED) is 0.772. The van der Waals surface area contributed by atoms with Gasteiger partial charge >= 0.3 is 0 Å². The second-order valence-corrected chi connectivity index (χ2v) is 4.87. The van der Waals surface area contributed by atoms with Crippen LogP contribution in [0.2, 0.25) is 0 Å². The zero-order chi connectivity index (χ0) is 10.6. The van der Waals surface area contributed by atoms with Gasteiger partial charge in [-0.1, -0.05) is 27.7 Å². The number of imidazole rings is 1. The third kappa shape index (κ3) is 3.92. The maximum atomic E-state index is 4.36. The van der Waals surface area contributed by atoms with Crippen molar-refractivity contribution in [2.45, 2.75) is 40.7 Å². The van der Waals surface area contributed by atoms with Gasteiger partial charge in [0.15, 0.2) is 0 Å². The van der Waals surface area contributed by atoms with Gasteiger partial charge in [0.2, 0.25) is 0 Å². The molecule has 0 amide bonds. The molecule has 2 N–H and O–H groups in total. The van der Waals surface area contributed by atoms with E-state index in [1.165, 1.54) is 5.69 Å². The van der Waals surface area contributed by atoms with Crippen LogP contribution in [0.1, 0.15) is 39.2 Å². The molecular formula is C11H21N3. The van der Waals surface area contributed by atoms with Crippen molar-refractivity contribution in [3.05, 3.63) is 17.7 Å². The van der Waals surface area contributed by atoms with Gasteiger partial charge in [-0.15, -0.1) is 0 Å². The number of aromatic nitrogens is 2. The number of nitrogens with one attached hydrogen (secondary N) is 2. The minimum atomic E-state index is 0.299. The van der Waals surface area contributed by atoms with Gasteiger partial charge in [0.1, 0.15) is 5.82 Å². The average molecular weight is 195 g/mol. The van der Waals surface area contributed by atoms with Crippen molar-refractivity contribution in [2.75, 3.05) is 6.54 Å². The van der Waals surface area contributed by atoms with Crippen molar-refractivity contribution >= 4 is 0 Å². The highest BCUT2D eigenvalue weighted by Crippen LogP contribution is 2.18. The SMILES string of the molecule is CCNCc1cnc(CC(C)(C)C)[nH]1. The highest BCUT2D eigenvalue weighted by Gasteiger charge is 2.13. The van der Waals surface area contributed by atoms with E-state index in [9.17, 15) is 0 Å². The van der Waals surface area contributed by atoms with Crippen molar-refractivity contribution in [1.82, 2.24) is 15.3 Å². The van der Waals surface area contributed by atoms with E-state index in [0.29, 0.717) is 5.41 Å². The Morgan fingerprint density at radius 2 is 2.14 bits per heavy atom. The maximum Gasteiger partial charge on any atom is 0.106 e. The summed E-state index contributed by atoms with van der Waals surface area (Å²) in [6.07, 6.45) is 2.92. The molecule has 1 aromatic heterocycles. The molecule has 0 aromatic carbocycles. The molecule has 14 heavy (non-hydrogen) atoms. The summed E-state index contributed by atoms with van der Waals surface area (Å²) < 4.78 is 0. The molecule has 0 radical (unpaired) electrons. The number of hydrogen-bond acceptors (Lipinski definition) is 2. The van der Waals surface area contributed by atoms with Gasteiger partial charge < -0.3 is 10.3 Å². The lowest BCUT2D eigenvalue weighted by atomic mass is 9.92. The van der Waals surface area contributed by atoms with Crippen molar-refractivity contribution in [1.29, 1.82) is 0 Å². The minimum Gasteiger partial charge on any atom is -0.345 e. The third-order valence-electron chi connectivity index (χ3n) is 1.94. The van der Waals surface area contributed by atoms with Crippen LogP contribution in [0.4, 0.5) is 0 Å². The Morgan fingerprint density at radius 3 is 2.71 bits per heavy atom. The number of rotatable bonds is 4. The van der Waals surface area contributed by atoms with Gasteiger partial charge in [0.05, 0.1) is 0 Å². The number of hydrogen-bond donors (Lipinski definition) is 2. The molecule has 0 spiro atoms. The van der Waals surface area contributed by atoms with Gasteiger partial charge in [0.25, 0.3) is 0 Å². The lowest BCUT2D eigenvalue weighted by Crippen LogP contribution is -2.13. The Labute approximate surface area is 86.3 Å². The van der Waals surface area contributed by atoms with Crippen LogP contribution in [0, 0.1) is 5.41 Å². The summed E-state index contributed by atoms with van der Waals surface area (Å²) in [6.45, 7) is 10.6. The van der Waals surface area contributed by atoms with Gasteiger partial charge in [-0.05, 0) is 12.0 Å². The predicted octanol–water partition coefficient (Wildman–Crippen LogP) is 2.11. The molecule has 0 atom stereocenters. The highest BCUT2D eigenvalue weighted by molar-refractivity contribution is 5.02. The molecule has 0 aliphatic heterocycles. The zero-order valence-electron chi connectivity index (χ0n) is 9.65. The van der Waals surface area contributed by atoms with Crippen LogP contribution in [0.15, 0.2) is 6.20 Å². The fourth-order valence-corrected chi connectivity index (χ4v) is 1.35. The zero-order valence-corrected chi connectivity index (χ0v) is 9.65. The van der Waals surface area contributed by atoms with Gasteiger partial charge in [-0.2, -0.15) is 0 Å². The molecule has 0 unspecified atom stereocenters. The summed E-state index contributed by atoms with van der Waals surface area (Å²) >= 11 is 0. The molecule has 0 aliphatic carbocycles. The Morgan fingerprint density at radius 1 is 1.43 bits per heavy atom. The molecule has 1 aromatic rings. The summed E-state index contributed by atoms with van der Waals surface area (Å²) in [7, 11) is 0. The predicted molar refractivity (Wildman–Crippen MR) is 59.1 cm³/mol. The largest absolute Gasteiger partial charge is 0.345 e. The van der Waals surface area contributed by atoms with Gasteiger partial charge in [-0.25, -0.2) is 4.98 Å². The Bertz CT molecular complexity index is 270. The van der Waals surface area contributed by atoms with E-state index >= 15 is 0 Å². The van der Waals surface area contributed by atoms with Crippen LogP contribution in [0.5, 0.6) is 0 Å². The molecule has 0 bridgehead atoms. The Hall–Kier alpha value is -0.830. The maximum absolute atomic E-state index is 4.36. The van der Waals surface area contributed by atoms with Crippen molar-refractivity contribution in [3.63, 3.8) is 0 Å². The first-order valence-electron chi connectivity index (χ1n) is 5.25. The number of nitrogens with zero attached hydrogens (tertiary/aromatic N) is 1. The smallest absolute Gasteiger partial charge is 0.106 e. The minimum absolute atomic E-state index is 0.299. The Kier molecular flexibility index (Phi) is 3.69. The van der Waals surface area contributed by atoms with E-state index in [0.717, 1.165) is 25.3 Å². The summed E-state index contributed by atoms with van der Waals surface area (Å²) in [4.78, 5) is 7.69. The topological polar surface area (TPSA) is 40.7 Å². The molecule has 80 valence electrons. The molecule has 1 rings (SSSR count). The first kappa shape index (κ1) is 11.2. The van der Waals surface area contributed by atoms with Crippen LogP contribution in [0.3, 0.4) is 0 Å². The highest BCUT2D eigenvalue weighted by atomic mass is 15.0. The van der Waals surface area contributed by atoms with Crippen molar-refractivity contribution in [3.8, 4) is 0 Å². The summed E-state index contributed by atoms with van der Waals surface area (Å²) in [6, 6.07) is 0. The van der Waals surface area contributed by atoms with Crippen molar-refractivity contribution in [2.24, 2.45) is 5.41 Å². The first-order chi connectivity index (χ1) is 6.51. The lowest BCUT2D eigenvalue weighted by Gasteiger charge is -2.15. The normalized spacial score (nSPS) is 12.0. The Balaban J connectivity index is 2.51. The molecule has 0 saturated carbocycles. The van der Waals surface area contributed by atoms with Crippen LogP contribution < -0.4 is 5.32 Å². The van der Waals surface area contributed by atoms with E-state index in [-0.39, 0.29) is 0 Å². The molecule has 0 aliphatic rings. The van der Waals surface area contributed by atoms with Crippen LogP contribution in [-0.2, 0) is 13.0 Å². The average Bonchev–Trinajstić information content (AvgIpc) is 2.46. The third-order valence-corrected chi connectivity index (χ3v) is 1.94. The van der Waals surface area contributed by atoms with E-state index in [4.69, 9.17) is 0 Å². The molecule has 0 fully saturated rings. The van der Waals surface area contributed by atoms with Crippen molar-refractivity contribution < 1.29 is 0 Å². The summed E-state index contributed by atoms with van der Waals surface area (Å²) in [5.41, 5.74) is 1.47. The summed E-state index contributed by atoms with van der Waals surface area (Å²) in [5.74, 6) is 1.09. The van der Waals surface area contributed by atoms with Crippen LogP contribution in [-0.4, -0.2) is 16.5 Å². The standard InChI is InChI=1S/C11H21N3/c1-5-12-7-9-8-13-10(14-9)6-11(2,3)4/h8,12H,5-7H2,1-4H3,(H,13,14). The van der Waals surface area contributed by atoms with E-state index in [1.807, 2.05) is 6.20 Å². The van der Waals surface area contributed by atoms with E-state index < -0.39 is 0 Å².